The molecule has 1 saturated carbocycles. The first kappa shape index (κ1) is 15.3. The van der Waals surface area contributed by atoms with Gasteiger partial charge in [-0.25, -0.2) is 0 Å². The summed E-state index contributed by atoms with van der Waals surface area (Å²) in [5.41, 5.74) is 0. The molecule has 1 heteroatoms. The SMILES string of the molecule is CCCCCCC(CCCCCl)C1CCCC1. The van der Waals surface area contributed by atoms with Crippen molar-refractivity contribution in [2.75, 3.05) is 5.88 Å². The van der Waals surface area contributed by atoms with E-state index in [9.17, 15) is 0 Å². The van der Waals surface area contributed by atoms with E-state index in [1.54, 1.807) is 0 Å². The monoisotopic (exact) mass is 258 g/mol. The van der Waals surface area contributed by atoms with Gasteiger partial charge in [-0.15, -0.1) is 11.6 Å². The first-order valence-electron chi connectivity index (χ1n) is 7.94. The first-order chi connectivity index (χ1) is 8.38. The first-order valence-corrected chi connectivity index (χ1v) is 8.48. The number of hydrogen-bond donors (Lipinski definition) is 0. The maximum atomic E-state index is 5.79. The molecule has 1 unspecified atom stereocenters. The largest absolute Gasteiger partial charge is 0.127 e. The molecule has 0 aromatic rings. The molecule has 1 aliphatic carbocycles. The van der Waals surface area contributed by atoms with Gasteiger partial charge in [0.05, 0.1) is 0 Å². The van der Waals surface area contributed by atoms with Crippen LogP contribution in [0.25, 0.3) is 0 Å². The van der Waals surface area contributed by atoms with Gasteiger partial charge < -0.3 is 0 Å². The zero-order valence-electron chi connectivity index (χ0n) is 11.7. The van der Waals surface area contributed by atoms with Crippen molar-refractivity contribution < 1.29 is 0 Å². The summed E-state index contributed by atoms with van der Waals surface area (Å²) in [5.74, 6) is 2.94. The highest BCUT2D eigenvalue weighted by Crippen LogP contribution is 2.36. The highest BCUT2D eigenvalue weighted by Gasteiger charge is 2.23. The standard InChI is InChI=1S/C16H31Cl/c1-2-3-4-5-10-15(13-8-9-14-17)16-11-6-7-12-16/h15-16H,2-14H2,1H3. The van der Waals surface area contributed by atoms with Crippen LogP contribution in [0.2, 0.25) is 0 Å². The molecule has 0 radical (unpaired) electrons. The molecule has 1 aliphatic rings. The highest BCUT2D eigenvalue weighted by atomic mass is 35.5. The van der Waals surface area contributed by atoms with Crippen LogP contribution in [0, 0.1) is 11.8 Å². The fourth-order valence-electron chi connectivity index (χ4n) is 3.38. The maximum absolute atomic E-state index is 5.79. The van der Waals surface area contributed by atoms with Gasteiger partial charge in [0.1, 0.15) is 0 Å². The predicted octanol–water partition coefficient (Wildman–Crippen LogP) is 6.17. The minimum absolute atomic E-state index is 0.854. The summed E-state index contributed by atoms with van der Waals surface area (Å²) in [6.45, 7) is 2.30. The summed E-state index contributed by atoms with van der Waals surface area (Å²) in [6, 6.07) is 0. The third-order valence-corrected chi connectivity index (χ3v) is 4.72. The molecular formula is C16H31Cl. The van der Waals surface area contributed by atoms with E-state index >= 15 is 0 Å². The second-order valence-electron chi connectivity index (χ2n) is 5.84. The molecule has 17 heavy (non-hydrogen) atoms. The summed E-state index contributed by atoms with van der Waals surface area (Å²) in [6.07, 6.45) is 17.2. The van der Waals surface area contributed by atoms with Crippen molar-refractivity contribution >= 4 is 11.6 Å². The van der Waals surface area contributed by atoms with Gasteiger partial charge in [0.25, 0.3) is 0 Å². The van der Waals surface area contributed by atoms with E-state index < -0.39 is 0 Å². The number of halogens is 1. The maximum Gasteiger partial charge on any atom is 0.0223 e. The van der Waals surface area contributed by atoms with E-state index in [-0.39, 0.29) is 0 Å². The van der Waals surface area contributed by atoms with E-state index in [0.29, 0.717) is 0 Å². The predicted molar refractivity (Wildman–Crippen MR) is 78.8 cm³/mol. The van der Waals surface area contributed by atoms with Crippen LogP contribution >= 0.6 is 11.6 Å². The molecule has 0 spiro atoms. The van der Waals surface area contributed by atoms with Gasteiger partial charge in [0.2, 0.25) is 0 Å². The topological polar surface area (TPSA) is 0 Å². The summed E-state index contributed by atoms with van der Waals surface area (Å²) >= 11 is 5.79. The van der Waals surface area contributed by atoms with Gasteiger partial charge in [0, 0.05) is 5.88 Å². The minimum Gasteiger partial charge on any atom is -0.127 e. The summed E-state index contributed by atoms with van der Waals surface area (Å²) in [7, 11) is 0. The number of alkyl halides is 1. The molecule has 0 saturated heterocycles. The minimum atomic E-state index is 0.854. The Kier molecular flexibility index (Phi) is 9.24. The Bertz CT molecular complexity index is 161. The average Bonchev–Trinajstić information content (AvgIpc) is 2.86. The van der Waals surface area contributed by atoms with Crippen molar-refractivity contribution in [3.05, 3.63) is 0 Å². The van der Waals surface area contributed by atoms with Gasteiger partial charge in [-0.2, -0.15) is 0 Å². The average molecular weight is 259 g/mol. The fraction of sp³-hybridized carbons (Fsp3) is 1.00. The Hall–Kier alpha value is 0.290. The van der Waals surface area contributed by atoms with Crippen molar-refractivity contribution in [1.82, 2.24) is 0 Å². The molecular weight excluding hydrogens is 228 g/mol. The molecule has 0 nitrogen and oxygen atoms in total. The molecule has 0 aromatic heterocycles. The number of hydrogen-bond acceptors (Lipinski definition) is 0. The molecule has 0 amide bonds. The fourth-order valence-corrected chi connectivity index (χ4v) is 3.57. The lowest BCUT2D eigenvalue weighted by Gasteiger charge is -2.23. The van der Waals surface area contributed by atoms with Gasteiger partial charge in [-0.05, 0) is 18.3 Å². The zero-order chi connectivity index (χ0) is 12.3. The van der Waals surface area contributed by atoms with E-state index in [2.05, 4.69) is 6.92 Å². The molecule has 0 N–H and O–H groups in total. The zero-order valence-corrected chi connectivity index (χ0v) is 12.5. The van der Waals surface area contributed by atoms with Gasteiger partial charge in [-0.1, -0.05) is 77.6 Å². The van der Waals surface area contributed by atoms with Crippen LogP contribution in [0.15, 0.2) is 0 Å². The Labute approximate surface area is 114 Å². The third kappa shape index (κ3) is 6.70. The quantitative estimate of drug-likeness (QED) is 0.325. The molecule has 1 atom stereocenters. The molecule has 102 valence electrons. The molecule has 0 aromatic carbocycles. The second-order valence-corrected chi connectivity index (χ2v) is 6.22. The Balaban J connectivity index is 2.20. The molecule has 1 fully saturated rings. The third-order valence-electron chi connectivity index (χ3n) is 4.45. The molecule has 1 rings (SSSR count). The Morgan fingerprint density at radius 1 is 0.941 bits per heavy atom. The lowest BCUT2D eigenvalue weighted by atomic mass is 9.83. The molecule has 0 aliphatic heterocycles. The van der Waals surface area contributed by atoms with Crippen LogP contribution < -0.4 is 0 Å². The Morgan fingerprint density at radius 2 is 1.59 bits per heavy atom. The van der Waals surface area contributed by atoms with E-state index in [0.717, 1.165) is 17.7 Å². The van der Waals surface area contributed by atoms with Crippen molar-refractivity contribution in [3.8, 4) is 0 Å². The van der Waals surface area contributed by atoms with Crippen LogP contribution in [-0.2, 0) is 0 Å². The van der Waals surface area contributed by atoms with Crippen LogP contribution in [0.5, 0.6) is 0 Å². The summed E-state index contributed by atoms with van der Waals surface area (Å²) in [5, 5.41) is 0. The van der Waals surface area contributed by atoms with E-state index in [1.165, 1.54) is 77.0 Å². The van der Waals surface area contributed by atoms with E-state index in [4.69, 9.17) is 11.6 Å². The van der Waals surface area contributed by atoms with Crippen molar-refractivity contribution in [3.63, 3.8) is 0 Å². The summed E-state index contributed by atoms with van der Waals surface area (Å²) < 4.78 is 0. The van der Waals surface area contributed by atoms with E-state index in [1.807, 2.05) is 0 Å². The van der Waals surface area contributed by atoms with Gasteiger partial charge in [-0.3, -0.25) is 0 Å². The number of unbranched alkanes of at least 4 members (excludes halogenated alkanes) is 4. The van der Waals surface area contributed by atoms with Gasteiger partial charge in [0.15, 0.2) is 0 Å². The molecule has 0 heterocycles. The van der Waals surface area contributed by atoms with Crippen molar-refractivity contribution in [2.45, 2.75) is 84.0 Å². The van der Waals surface area contributed by atoms with Crippen molar-refractivity contribution in [2.24, 2.45) is 11.8 Å². The van der Waals surface area contributed by atoms with Crippen molar-refractivity contribution in [1.29, 1.82) is 0 Å². The second kappa shape index (κ2) is 10.2. The number of rotatable bonds is 10. The normalized spacial score (nSPS) is 18.7. The smallest absolute Gasteiger partial charge is 0.0223 e. The van der Waals surface area contributed by atoms with Crippen LogP contribution in [0.4, 0.5) is 0 Å². The summed E-state index contributed by atoms with van der Waals surface area (Å²) in [4.78, 5) is 0. The van der Waals surface area contributed by atoms with Gasteiger partial charge >= 0.3 is 0 Å². The van der Waals surface area contributed by atoms with Crippen LogP contribution in [-0.4, -0.2) is 5.88 Å². The Morgan fingerprint density at radius 3 is 2.18 bits per heavy atom. The van der Waals surface area contributed by atoms with Crippen LogP contribution in [0.3, 0.4) is 0 Å². The lowest BCUT2D eigenvalue weighted by Crippen LogP contribution is -2.12. The molecule has 0 bridgehead atoms. The lowest BCUT2D eigenvalue weighted by molar-refractivity contribution is 0.284. The van der Waals surface area contributed by atoms with Crippen LogP contribution in [0.1, 0.15) is 84.0 Å². The highest BCUT2D eigenvalue weighted by molar-refractivity contribution is 6.17.